The summed E-state index contributed by atoms with van der Waals surface area (Å²) in [6, 6.07) is 66.2. The van der Waals surface area contributed by atoms with Gasteiger partial charge in [-0.2, -0.15) is 0 Å². The highest BCUT2D eigenvalue weighted by Crippen LogP contribution is 2.40. The Balaban J connectivity index is 1.35. The summed E-state index contributed by atoms with van der Waals surface area (Å²) in [6.45, 7) is 0. The highest BCUT2D eigenvalue weighted by Gasteiger charge is 2.22. The molecule has 0 saturated carbocycles. The zero-order valence-corrected chi connectivity index (χ0v) is 26.7. The topological polar surface area (TPSA) is 30.7 Å². The number of rotatable bonds is 6. The first-order chi connectivity index (χ1) is 24.3. The molecule has 3 heteroatoms. The lowest BCUT2D eigenvalue weighted by atomic mass is 9.94. The van der Waals surface area contributed by atoms with E-state index in [4.69, 9.17) is 9.97 Å². The SMILES string of the molecule is c1ccc(-c2ccc(-c3nc(-c4cc(-c5ccccc5)cc(-c5ccccc5)c4)c4c(n3)c3ccccc3n4-c3ccccc3)cc2)cc1. The summed E-state index contributed by atoms with van der Waals surface area (Å²) in [5.74, 6) is 0.699. The Morgan fingerprint density at radius 1 is 0.347 bits per heavy atom. The fraction of sp³-hybridized carbons (Fsp3) is 0. The molecule has 0 amide bonds. The van der Waals surface area contributed by atoms with Crippen molar-refractivity contribution in [3.05, 3.63) is 188 Å². The van der Waals surface area contributed by atoms with Crippen LogP contribution in [0.25, 0.3) is 83.6 Å². The van der Waals surface area contributed by atoms with E-state index in [0.717, 1.165) is 72.3 Å². The molecule has 0 bridgehead atoms. The van der Waals surface area contributed by atoms with Crippen molar-refractivity contribution in [2.24, 2.45) is 0 Å². The van der Waals surface area contributed by atoms with Crippen LogP contribution in [0.1, 0.15) is 0 Å². The van der Waals surface area contributed by atoms with E-state index >= 15 is 0 Å². The molecule has 0 saturated heterocycles. The number of benzene rings is 7. The second-order valence-corrected chi connectivity index (χ2v) is 12.3. The Morgan fingerprint density at radius 2 is 0.796 bits per heavy atom. The Bertz CT molecular complexity index is 2500. The summed E-state index contributed by atoms with van der Waals surface area (Å²) < 4.78 is 2.32. The Labute approximate surface area is 285 Å². The smallest absolute Gasteiger partial charge is 0.160 e. The molecular weight excluding hydrogens is 595 g/mol. The lowest BCUT2D eigenvalue weighted by Gasteiger charge is -2.15. The zero-order chi connectivity index (χ0) is 32.6. The molecule has 49 heavy (non-hydrogen) atoms. The van der Waals surface area contributed by atoms with Gasteiger partial charge < -0.3 is 4.57 Å². The maximum atomic E-state index is 5.46. The number of nitrogens with zero attached hydrogens (tertiary/aromatic N) is 3. The average Bonchev–Trinajstić information content (AvgIpc) is 3.53. The fourth-order valence-corrected chi connectivity index (χ4v) is 6.82. The second-order valence-electron chi connectivity index (χ2n) is 12.3. The largest absolute Gasteiger partial charge is 0.306 e. The number of hydrogen-bond donors (Lipinski definition) is 0. The molecule has 0 aliphatic rings. The monoisotopic (exact) mass is 625 g/mol. The van der Waals surface area contributed by atoms with Gasteiger partial charge >= 0.3 is 0 Å². The summed E-state index contributed by atoms with van der Waals surface area (Å²) in [5.41, 5.74) is 13.9. The quantitative estimate of drug-likeness (QED) is 0.184. The van der Waals surface area contributed by atoms with Crippen molar-refractivity contribution in [2.75, 3.05) is 0 Å². The van der Waals surface area contributed by atoms with Gasteiger partial charge in [0.2, 0.25) is 0 Å². The number of hydrogen-bond acceptors (Lipinski definition) is 2. The van der Waals surface area contributed by atoms with Crippen LogP contribution in [0.5, 0.6) is 0 Å². The van der Waals surface area contributed by atoms with Crippen LogP contribution < -0.4 is 0 Å². The van der Waals surface area contributed by atoms with Crippen molar-refractivity contribution in [2.45, 2.75) is 0 Å². The molecule has 0 atom stereocenters. The van der Waals surface area contributed by atoms with Crippen molar-refractivity contribution < 1.29 is 0 Å². The van der Waals surface area contributed by atoms with Gasteiger partial charge in [0.15, 0.2) is 5.82 Å². The van der Waals surface area contributed by atoms with E-state index in [0.29, 0.717) is 5.82 Å². The minimum absolute atomic E-state index is 0.699. The lowest BCUT2D eigenvalue weighted by molar-refractivity contribution is 1.15. The van der Waals surface area contributed by atoms with Gasteiger partial charge in [0.05, 0.1) is 16.7 Å². The number of aromatic nitrogens is 3. The lowest BCUT2D eigenvalue weighted by Crippen LogP contribution is -2.00. The Morgan fingerprint density at radius 3 is 1.39 bits per heavy atom. The minimum atomic E-state index is 0.699. The van der Waals surface area contributed by atoms with E-state index in [-0.39, 0.29) is 0 Å². The highest BCUT2D eigenvalue weighted by atomic mass is 15.0. The molecule has 7 aromatic carbocycles. The van der Waals surface area contributed by atoms with E-state index in [1.807, 2.05) is 6.07 Å². The van der Waals surface area contributed by atoms with Crippen LogP contribution in [0.3, 0.4) is 0 Å². The fourth-order valence-electron chi connectivity index (χ4n) is 6.82. The van der Waals surface area contributed by atoms with Gasteiger partial charge in [0, 0.05) is 22.2 Å². The van der Waals surface area contributed by atoms with E-state index in [1.54, 1.807) is 0 Å². The van der Waals surface area contributed by atoms with E-state index in [1.165, 1.54) is 5.56 Å². The van der Waals surface area contributed by atoms with Crippen LogP contribution in [0.2, 0.25) is 0 Å². The Hall–Kier alpha value is -6.58. The molecule has 3 nitrogen and oxygen atoms in total. The maximum Gasteiger partial charge on any atom is 0.160 e. The molecule has 2 heterocycles. The molecule has 9 aromatic rings. The summed E-state index contributed by atoms with van der Waals surface area (Å²) >= 11 is 0. The first kappa shape index (κ1) is 28.6. The van der Waals surface area contributed by atoms with Gasteiger partial charge in [0.1, 0.15) is 5.52 Å². The molecular formula is C46H31N3. The highest BCUT2D eigenvalue weighted by molar-refractivity contribution is 6.11. The van der Waals surface area contributed by atoms with Crippen LogP contribution in [0.15, 0.2) is 188 Å². The van der Waals surface area contributed by atoms with Gasteiger partial charge in [-0.15, -0.1) is 0 Å². The minimum Gasteiger partial charge on any atom is -0.306 e. The number of fused-ring (bicyclic) bond motifs is 3. The van der Waals surface area contributed by atoms with Crippen LogP contribution >= 0.6 is 0 Å². The average molecular weight is 626 g/mol. The normalized spacial score (nSPS) is 11.3. The van der Waals surface area contributed by atoms with E-state index in [2.05, 4.69) is 187 Å². The summed E-state index contributed by atoms with van der Waals surface area (Å²) in [7, 11) is 0. The molecule has 0 aliphatic heterocycles. The third-order valence-corrected chi connectivity index (χ3v) is 9.19. The van der Waals surface area contributed by atoms with Crippen molar-refractivity contribution >= 4 is 21.9 Å². The van der Waals surface area contributed by atoms with Crippen molar-refractivity contribution in [1.82, 2.24) is 14.5 Å². The molecule has 0 unspecified atom stereocenters. The van der Waals surface area contributed by atoms with Crippen LogP contribution in [-0.2, 0) is 0 Å². The first-order valence-electron chi connectivity index (χ1n) is 16.6. The molecule has 2 aromatic heterocycles. The molecule has 0 N–H and O–H groups in total. The van der Waals surface area contributed by atoms with Gasteiger partial charge in [-0.1, -0.05) is 152 Å². The van der Waals surface area contributed by atoms with Gasteiger partial charge in [-0.25, -0.2) is 9.97 Å². The maximum absolute atomic E-state index is 5.46. The van der Waals surface area contributed by atoms with Crippen molar-refractivity contribution in [3.8, 4) is 61.7 Å². The summed E-state index contributed by atoms with van der Waals surface area (Å²) in [6.07, 6.45) is 0. The summed E-state index contributed by atoms with van der Waals surface area (Å²) in [4.78, 5) is 10.8. The van der Waals surface area contributed by atoms with Gasteiger partial charge in [-0.05, 0) is 69.8 Å². The van der Waals surface area contributed by atoms with Crippen molar-refractivity contribution in [3.63, 3.8) is 0 Å². The standard InChI is InChI=1S/C46H31N3/c1-5-15-32(16-6-1)35-25-27-36(28-26-35)46-47-43(45-44(48-46)41-23-13-14-24-42(41)49(45)40-21-11-4-12-22-40)39-30-37(33-17-7-2-8-18-33)29-38(31-39)34-19-9-3-10-20-34/h1-31H. The molecule has 0 aliphatic carbocycles. The van der Waals surface area contributed by atoms with Crippen LogP contribution in [0.4, 0.5) is 0 Å². The van der Waals surface area contributed by atoms with Gasteiger partial charge in [-0.3, -0.25) is 0 Å². The predicted octanol–water partition coefficient (Wildman–Crippen LogP) is 11.9. The molecule has 0 radical (unpaired) electrons. The molecule has 230 valence electrons. The van der Waals surface area contributed by atoms with Gasteiger partial charge in [0.25, 0.3) is 0 Å². The third-order valence-electron chi connectivity index (χ3n) is 9.19. The van der Waals surface area contributed by atoms with Crippen LogP contribution in [0, 0.1) is 0 Å². The molecule has 0 spiro atoms. The first-order valence-corrected chi connectivity index (χ1v) is 16.6. The van der Waals surface area contributed by atoms with E-state index in [9.17, 15) is 0 Å². The third kappa shape index (κ3) is 5.28. The number of para-hydroxylation sites is 2. The molecule has 0 fully saturated rings. The zero-order valence-electron chi connectivity index (χ0n) is 26.7. The second kappa shape index (κ2) is 12.2. The van der Waals surface area contributed by atoms with E-state index < -0.39 is 0 Å². The van der Waals surface area contributed by atoms with Crippen LogP contribution in [-0.4, -0.2) is 14.5 Å². The van der Waals surface area contributed by atoms with Crippen molar-refractivity contribution in [1.29, 1.82) is 0 Å². The predicted molar refractivity (Wildman–Crippen MR) is 204 cm³/mol. The Kier molecular flexibility index (Phi) is 7.14. The summed E-state index contributed by atoms with van der Waals surface area (Å²) in [5, 5.41) is 1.09. The molecule has 9 rings (SSSR count).